The number of carbonyl (C=O) groups excluding carboxylic acids is 1. The van der Waals surface area contributed by atoms with Gasteiger partial charge < -0.3 is 4.42 Å². The molecule has 0 bridgehead atoms. The number of hydrazine groups is 1. The quantitative estimate of drug-likeness (QED) is 0.287. The van der Waals surface area contributed by atoms with E-state index < -0.39 is 10.8 Å². The van der Waals surface area contributed by atoms with Gasteiger partial charge in [-0.05, 0) is 18.2 Å². The number of nitrogens with two attached hydrogens (primary N) is 1. The highest BCUT2D eigenvalue weighted by Gasteiger charge is 2.14. The molecular formula is C12H11N3O4S. The normalized spacial score (nSPS) is 10.2. The topological polar surface area (TPSA) is 111 Å². The number of nitro groups is 1. The van der Waals surface area contributed by atoms with Crippen LogP contribution < -0.4 is 11.3 Å². The zero-order valence-electron chi connectivity index (χ0n) is 10.2. The van der Waals surface area contributed by atoms with Gasteiger partial charge in [-0.25, -0.2) is 5.84 Å². The molecule has 0 saturated heterocycles. The molecule has 0 saturated carbocycles. The van der Waals surface area contributed by atoms with Gasteiger partial charge in [-0.15, -0.1) is 11.8 Å². The van der Waals surface area contributed by atoms with Gasteiger partial charge in [-0.3, -0.25) is 20.3 Å². The van der Waals surface area contributed by atoms with E-state index in [1.807, 2.05) is 5.43 Å². The second-order valence-corrected chi connectivity index (χ2v) is 4.77. The van der Waals surface area contributed by atoms with Crippen molar-refractivity contribution >= 4 is 23.4 Å². The maximum Gasteiger partial charge on any atom is 0.300 e. The summed E-state index contributed by atoms with van der Waals surface area (Å²) in [5.74, 6) is 5.48. The van der Waals surface area contributed by atoms with Crippen LogP contribution in [-0.4, -0.2) is 10.8 Å². The largest absolute Gasteiger partial charge is 0.455 e. The Balaban J connectivity index is 2.07. The van der Waals surface area contributed by atoms with Crippen molar-refractivity contribution < 1.29 is 14.1 Å². The predicted molar refractivity (Wildman–Crippen MR) is 73.0 cm³/mol. The number of hydrogen-bond donors (Lipinski definition) is 2. The van der Waals surface area contributed by atoms with Crippen LogP contribution in [0.4, 0.5) is 5.69 Å². The van der Waals surface area contributed by atoms with E-state index in [-0.39, 0.29) is 11.4 Å². The molecule has 1 amide bonds. The molecule has 104 valence electrons. The number of nitrogens with one attached hydrogen (secondary N) is 1. The van der Waals surface area contributed by atoms with Crippen molar-refractivity contribution in [1.29, 1.82) is 0 Å². The molecule has 20 heavy (non-hydrogen) atoms. The van der Waals surface area contributed by atoms with Crippen molar-refractivity contribution in [2.24, 2.45) is 5.84 Å². The Hall–Kier alpha value is -2.32. The third kappa shape index (κ3) is 3.16. The van der Waals surface area contributed by atoms with Gasteiger partial charge in [0.2, 0.25) is 0 Å². The lowest BCUT2D eigenvalue weighted by Crippen LogP contribution is -2.29. The summed E-state index contributed by atoms with van der Waals surface area (Å²) in [5, 5.41) is 10.9. The zero-order chi connectivity index (χ0) is 14.5. The van der Waals surface area contributed by atoms with Gasteiger partial charge in [0.05, 0.1) is 15.6 Å². The summed E-state index contributed by atoms with van der Waals surface area (Å²) in [7, 11) is 0. The van der Waals surface area contributed by atoms with Gasteiger partial charge in [0, 0.05) is 6.07 Å². The lowest BCUT2D eigenvalue weighted by molar-refractivity contribution is -0.387. The smallest absolute Gasteiger partial charge is 0.300 e. The number of thioether (sulfide) groups is 1. The number of furan rings is 1. The van der Waals surface area contributed by atoms with Gasteiger partial charge in [-0.1, -0.05) is 12.1 Å². The van der Waals surface area contributed by atoms with Crippen LogP contribution in [0.25, 0.3) is 0 Å². The molecule has 0 atom stereocenters. The van der Waals surface area contributed by atoms with E-state index in [2.05, 4.69) is 0 Å². The summed E-state index contributed by atoms with van der Waals surface area (Å²) in [6.07, 6.45) is 0. The number of benzene rings is 1. The van der Waals surface area contributed by atoms with Crippen LogP contribution in [0, 0.1) is 10.1 Å². The van der Waals surface area contributed by atoms with Crippen LogP contribution in [0.3, 0.4) is 0 Å². The fourth-order valence-electron chi connectivity index (χ4n) is 1.53. The Morgan fingerprint density at radius 1 is 1.35 bits per heavy atom. The fourth-order valence-corrected chi connectivity index (χ4v) is 2.45. The van der Waals surface area contributed by atoms with E-state index in [1.54, 1.807) is 24.3 Å². The molecule has 0 aliphatic heterocycles. The van der Waals surface area contributed by atoms with E-state index in [1.165, 1.54) is 23.9 Å². The maximum atomic E-state index is 11.2. The number of amides is 1. The van der Waals surface area contributed by atoms with Crippen LogP contribution in [0.5, 0.6) is 0 Å². The summed E-state index contributed by atoms with van der Waals surface area (Å²) in [5.41, 5.74) is 2.01. The molecule has 2 rings (SSSR count). The summed E-state index contributed by atoms with van der Waals surface area (Å²) >= 11 is 1.26. The number of nitrogen functional groups attached to an aromatic ring is 1. The van der Waals surface area contributed by atoms with Crippen molar-refractivity contribution in [1.82, 2.24) is 5.43 Å². The third-order valence-electron chi connectivity index (χ3n) is 2.45. The Morgan fingerprint density at radius 2 is 2.10 bits per heavy atom. The highest BCUT2D eigenvalue weighted by molar-refractivity contribution is 7.98. The van der Waals surface area contributed by atoms with Crippen LogP contribution in [0.2, 0.25) is 0 Å². The van der Waals surface area contributed by atoms with Gasteiger partial charge in [0.15, 0.2) is 5.76 Å². The average molecular weight is 293 g/mol. The predicted octanol–water partition coefficient (Wildman–Crippen LogP) is 2.08. The lowest BCUT2D eigenvalue weighted by atomic mass is 10.3. The van der Waals surface area contributed by atoms with Crippen molar-refractivity contribution in [2.75, 3.05) is 0 Å². The number of hydrogen-bond acceptors (Lipinski definition) is 6. The summed E-state index contributed by atoms with van der Waals surface area (Å²) in [6, 6.07) is 9.57. The molecule has 0 spiro atoms. The van der Waals surface area contributed by atoms with E-state index in [9.17, 15) is 14.9 Å². The SMILES string of the molecule is NNC(=O)c1ccc(CSc2ccccc2[N+](=O)[O-])o1. The van der Waals surface area contributed by atoms with Crippen molar-refractivity contribution in [3.05, 3.63) is 58.0 Å². The molecule has 8 heteroatoms. The van der Waals surface area contributed by atoms with Crippen LogP contribution >= 0.6 is 11.8 Å². The fraction of sp³-hybridized carbons (Fsp3) is 0.0833. The zero-order valence-corrected chi connectivity index (χ0v) is 11.1. The van der Waals surface area contributed by atoms with E-state index >= 15 is 0 Å². The Bertz CT molecular complexity index is 641. The number of rotatable bonds is 5. The number of carbonyl (C=O) groups is 1. The van der Waals surface area contributed by atoms with Gasteiger partial charge in [0.1, 0.15) is 5.76 Å². The number of nitro benzene ring substituents is 1. The highest BCUT2D eigenvalue weighted by Crippen LogP contribution is 2.31. The van der Waals surface area contributed by atoms with E-state index in [4.69, 9.17) is 10.3 Å². The molecule has 0 aliphatic carbocycles. The number of nitrogens with zero attached hydrogens (tertiary/aromatic N) is 1. The maximum absolute atomic E-state index is 11.2. The first-order valence-electron chi connectivity index (χ1n) is 5.57. The minimum atomic E-state index is -0.521. The van der Waals surface area contributed by atoms with Crippen LogP contribution in [0.1, 0.15) is 16.3 Å². The molecule has 0 aliphatic rings. The summed E-state index contributed by atoms with van der Waals surface area (Å²) in [6.45, 7) is 0. The first-order valence-corrected chi connectivity index (χ1v) is 6.56. The first-order chi connectivity index (χ1) is 9.61. The highest BCUT2D eigenvalue weighted by atomic mass is 32.2. The second-order valence-electron chi connectivity index (χ2n) is 3.75. The molecular weight excluding hydrogens is 282 g/mol. The van der Waals surface area contributed by atoms with Crippen LogP contribution in [-0.2, 0) is 5.75 Å². The average Bonchev–Trinajstić information content (AvgIpc) is 2.93. The van der Waals surface area contributed by atoms with Crippen molar-refractivity contribution in [3.63, 3.8) is 0 Å². The molecule has 1 heterocycles. The molecule has 0 unspecified atom stereocenters. The molecule has 2 aromatic rings. The van der Waals surface area contributed by atoms with Gasteiger partial charge >= 0.3 is 5.91 Å². The molecule has 1 aromatic carbocycles. The second kappa shape index (κ2) is 6.22. The first kappa shape index (κ1) is 14.1. The lowest BCUT2D eigenvalue weighted by Gasteiger charge is -2.01. The van der Waals surface area contributed by atoms with Crippen molar-refractivity contribution in [2.45, 2.75) is 10.6 Å². The molecule has 3 N–H and O–H groups in total. The minimum Gasteiger partial charge on any atom is -0.455 e. The monoisotopic (exact) mass is 293 g/mol. The standard InChI is InChI=1S/C12H11N3O4S/c13-14-12(16)10-6-5-8(19-10)7-20-11-4-2-1-3-9(11)15(17)18/h1-6H,7,13H2,(H,14,16). The Kier molecular flexibility index (Phi) is 4.38. The van der Waals surface area contributed by atoms with E-state index in [0.717, 1.165) is 0 Å². The molecule has 0 radical (unpaired) electrons. The molecule has 7 nitrogen and oxygen atoms in total. The molecule has 0 fully saturated rings. The summed E-state index contributed by atoms with van der Waals surface area (Å²) < 4.78 is 5.28. The van der Waals surface area contributed by atoms with Gasteiger partial charge in [0.25, 0.3) is 5.69 Å². The van der Waals surface area contributed by atoms with Crippen molar-refractivity contribution in [3.8, 4) is 0 Å². The number of para-hydroxylation sites is 1. The van der Waals surface area contributed by atoms with Gasteiger partial charge in [-0.2, -0.15) is 0 Å². The summed E-state index contributed by atoms with van der Waals surface area (Å²) in [4.78, 5) is 22.2. The minimum absolute atomic E-state index is 0.0454. The third-order valence-corrected chi connectivity index (χ3v) is 3.53. The molecule has 1 aromatic heterocycles. The Morgan fingerprint density at radius 3 is 2.80 bits per heavy atom. The Labute approximate surface area is 118 Å². The van der Waals surface area contributed by atoms with E-state index in [0.29, 0.717) is 16.4 Å². The van der Waals surface area contributed by atoms with Crippen LogP contribution in [0.15, 0.2) is 45.7 Å².